The molecule has 1 aromatic rings. The number of aliphatic hydroxyl groups is 1. The molecule has 1 atom stereocenters. The lowest BCUT2D eigenvalue weighted by Gasteiger charge is -2.16. The van der Waals surface area contributed by atoms with Gasteiger partial charge in [-0.05, 0) is 26.0 Å². The van der Waals surface area contributed by atoms with Crippen molar-refractivity contribution >= 4 is 0 Å². The van der Waals surface area contributed by atoms with Gasteiger partial charge in [-0.15, -0.1) is 0 Å². The molecule has 15 heavy (non-hydrogen) atoms. The van der Waals surface area contributed by atoms with E-state index in [-0.39, 0.29) is 17.1 Å². The van der Waals surface area contributed by atoms with Crippen molar-refractivity contribution in [3.8, 4) is 5.75 Å². The van der Waals surface area contributed by atoms with E-state index in [1.54, 1.807) is 6.92 Å². The van der Waals surface area contributed by atoms with Crippen LogP contribution in [-0.4, -0.2) is 5.11 Å². The Kier molecular flexibility index (Phi) is 2.04. The van der Waals surface area contributed by atoms with Crippen LogP contribution >= 0.6 is 0 Å². The van der Waals surface area contributed by atoms with Gasteiger partial charge in [-0.2, -0.15) is 0 Å². The third kappa shape index (κ3) is 1.33. The molecule has 4 heteroatoms. The summed E-state index contributed by atoms with van der Waals surface area (Å²) in [4.78, 5) is 0. The number of benzene rings is 1. The summed E-state index contributed by atoms with van der Waals surface area (Å²) in [5, 5.41) is 10.0. The molecule has 1 unspecified atom stereocenters. The molecular weight excluding hydrogens is 202 g/mol. The van der Waals surface area contributed by atoms with E-state index in [0.717, 1.165) is 12.1 Å². The maximum Gasteiger partial charge on any atom is 0.169 e. The number of rotatable bonds is 0. The number of fused-ring (bicyclic) bond motifs is 1. The molecule has 1 N–H and O–H groups in total. The minimum absolute atomic E-state index is 0.102. The fourth-order valence-corrected chi connectivity index (χ4v) is 1.71. The Bertz CT molecular complexity index is 450. The monoisotopic (exact) mass is 212 g/mol. The highest BCUT2D eigenvalue weighted by atomic mass is 19.1. The van der Waals surface area contributed by atoms with Crippen molar-refractivity contribution in [2.24, 2.45) is 0 Å². The third-order valence-electron chi connectivity index (χ3n) is 2.49. The summed E-state index contributed by atoms with van der Waals surface area (Å²) >= 11 is 0. The Balaban J connectivity index is 2.69. The number of hydrogen-bond acceptors (Lipinski definition) is 2. The molecule has 1 aliphatic rings. The van der Waals surface area contributed by atoms with E-state index in [9.17, 15) is 13.9 Å². The van der Waals surface area contributed by atoms with Crippen molar-refractivity contribution in [1.82, 2.24) is 0 Å². The van der Waals surface area contributed by atoms with E-state index in [4.69, 9.17) is 4.74 Å². The second kappa shape index (κ2) is 3.03. The minimum Gasteiger partial charge on any atom is -0.455 e. The SMILES string of the molecule is C/C=C1\Oc2c(F)cc(F)cc2C1(C)O. The molecule has 2 rings (SSSR count). The summed E-state index contributed by atoms with van der Waals surface area (Å²) < 4.78 is 31.4. The molecule has 80 valence electrons. The highest BCUT2D eigenvalue weighted by molar-refractivity contribution is 5.49. The lowest BCUT2D eigenvalue weighted by Crippen LogP contribution is -2.20. The standard InChI is InChI=1S/C11H10F2O2/c1-3-9-11(2,14)7-4-6(12)5-8(13)10(7)15-9/h3-5,14H,1-2H3/b9-3-. The van der Waals surface area contributed by atoms with Crippen LogP contribution in [0.15, 0.2) is 24.0 Å². The van der Waals surface area contributed by atoms with Gasteiger partial charge in [-0.3, -0.25) is 0 Å². The fraction of sp³-hybridized carbons (Fsp3) is 0.273. The predicted molar refractivity (Wildman–Crippen MR) is 50.3 cm³/mol. The van der Waals surface area contributed by atoms with Crippen LogP contribution in [0.1, 0.15) is 19.4 Å². The van der Waals surface area contributed by atoms with Crippen LogP contribution in [0.5, 0.6) is 5.75 Å². The molecule has 2 nitrogen and oxygen atoms in total. The Labute approximate surface area is 85.8 Å². The third-order valence-corrected chi connectivity index (χ3v) is 2.49. The van der Waals surface area contributed by atoms with Crippen molar-refractivity contribution in [2.75, 3.05) is 0 Å². The highest BCUT2D eigenvalue weighted by Crippen LogP contribution is 2.45. The number of ether oxygens (including phenoxy) is 1. The van der Waals surface area contributed by atoms with Gasteiger partial charge in [0.15, 0.2) is 11.6 Å². The van der Waals surface area contributed by atoms with Crippen molar-refractivity contribution in [3.63, 3.8) is 0 Å². The van der Waals surface area contributed by atoms with Crippen LogP contribution in [-0.2, 0) is 5.60 Å². The van der Waals surface area contributed by atoms with Gasteiger partial charge in [0, 0.05) is 11.6 Å². The van der Waals surface area contributed by atoms with Crippen molar-refractivity contribution in [2.45, 2.75) is 19.4 Å². The molecule has 0 bridgehead atoms. The molecule has 0 saturated heterocycles. The topological polar surface area (TPSA) is 29.5 Å². The van der Waals surface area contributed by atoms with Crippen LogP contribution in [0.3, 0.4) is 0 Å². The van der Waals surface area contributed by atoms with Crippen molar-refractivity contribution < 1.29 is 18.6 Å². The number of hydrogen-bond donors (Lipinski definition) is 1. The minimum atomic E-state index is -1.47. The summed E-state index contributed by atoms with van der Waals surface area (Å²) in [6, 6.07) is 1.81. The predicted octanol–water partition coefficient (Wildman–Crippen LogP) is 2.47. The molecule has 0 saturated carbocycles. The van der Waals surface area contributed by atoms with Crippen LogP contribution < -0.4 is 4.74 Å². The van der Waals surface area contributed by atoms with Crippen molar-refractivity contribution in [1.29, 1.82) is 0 Å². The Morgan fingerprint density at radius 2 is 2.07 bits per heavy atom. The van der Waals surface area contributed by atoms with Gasteiger partial charge in [0.05, 0.1) is 0 Å². The molecule has 0 aliphatic carbocycles. The first kappa shape index (κ1) is 10.1. The molecule has 0 fully saturated rings. The molecule has 0 aromatic heterocycles. The highest BCUT2D eigenvalue weighted by Gasteiger charge is 2.41. The van der Waals surface area contributed by atoms with Gasteiger partial charge in [0.2, 0.25) is 0 Å². The zero-order valence-electron chi connectivity index (χ0n) is 8.34. The zero-order valence-corrected chi connectivity index (χ0v) is 8.34. The largest absolute Gasteiger partial charge is 0.455 e. The van der Waals surface area contributed by atoms with Crippen LogP contribution in [0, 0.1) is 11.6 Å². The Morgan fingerprint density at radius 1 is 1.40 bits per heavy atom. The van der Waals surface area contributed by atoms with Gasteiger partial charge in [0.1, 0.15) is 17.2 Å². The smallest absolute Gasteiger partial charge is 0.169 e. The fourth-order valence-electron chi connectivity index (χ4n) is 1.71. The van der Waals surface area contributed by atoms with E-state index in [2.05, 4.69) is 0 Å². The van der Waals surface area contributed by atoms with E-state index in [0.29, 0.717) is 0 Å². The van der Waals surface area contributed by atoms with E-state index in [1.807, 2.05) is 0 Å². The van der Waals surface area contributed by atoms with Gasteiger partial charge in [0.25, 0.3) is 0 Å². The molecule has 1 heterocycles. The van der Waals surface area contributed by atoms with Gasteiger partial charge in [-0.1, -0.05) is 0 Å². The average molecular weight is 212 g/mol. The number of allylic oxidation sites excluding steroid dienone is 1. The molecule has 0 radical (unpaired) electrons. The summed E-state index contributed by atoms with van der Waals surface area (Å²) in [5.74, 6) is -1.42. The summed E-state index contributed by atoms with van der Waals surface area (Å²) in [6.07, 6.45) is 1.53. The lowest BCUT2D eigenvalue weighted by molar-refractivity contribution is 0.0793. The second-order valence-corrected chi connectivity index (χ2v) is 3.59. The quantitative estimate of drug-likeness (QED) is 0.715. The molecule has 0 spiro atoms. The Morgan fingerprint density at radius 3 is 2.67 bits per heavy atom. The molecule has 0 amide bonds. The average Bonchev–Trinajstić information content (AvgIpc) is 2.39. The summed E-state index contributed by atoms with van der Waals surface area (Å²) in [5.41, 5.74) is -1.35. The summed E-state index contributed by atoms with van der Waals surface area (Å²) in [7, 11) is 0. The molecule has 1 aliphatic heterocycles. The van der Waals surface area contributed by atoms with Crippen LogP contribution in [0.25, 0.3) is 0 Å². The maximum atomic E-state index is 13.3. The Hall–Kier alpha value is -1.42. The first-order valence-corrected chi connectivity index (χ1v) is 4.53. The first-order valence-electron chi connectivity index (χ1n) is 4.53. The lowest BCUT2D eigenvalue weighted by atomic mass is 9.95. The second-order valence-electron chi connectivity index (χ2n) is 3.59. The van der Waals surface area contributed by atoms with Crippen LogP contribution in [0.2, 0.25) is 0 Å². The molecular formula is C11H10F2O2. The first-order chi connectivity index (χ1) is 6.96. The molecule has 1 aromatic carbocycles. The van der Waals surface area contributed by atoms with Crippen LogP contribution in [0.4, 0.5) is 8.78 Å². The number of halogens is 2. The van der Waals surface area contributed by atoms with Gasteiger partial charge >= 0.3 is 0 Å². The normalized spacial score (nSPS) is 26.6. The van der Waals surface area contributed by atoms with Gasteiger partial charge < -0.3 is 9.84 Å². The maximum absolute atomic E-state index is 13.3. The zero-order chi connectivity index (χ0) is 11.2. The van der Waals surface area contributed by atoms with Crippen molar-refractivity contribution in [3.05, 3.63) is 41.2 Å². The van der Waals surface area contributed by atoms with E-state index in [1.165, 1.54) is 13.0 Å². The van der Waals surface area contributed by atoms with E-state index < -0.39 is 17.2 Å². The summed E-state index contributed by atoms with van der Waals surface area (Å²) in [6.45, 7) is 3.09. The van der Waals surface area contributed by atoms with Gasteiger partial charge in [-0.25, -0.2) is 8.78 Å². The van der Waals surface area contributed by atoms with E-state index >= 15 is 0 Å².